The normalized spacial score (nSPS) is 29.3. The Morgan fingerprint density at radius 1 is 1.21 bits per heavy atom. The molecule has 2 fully saturated rings. The average Bonchev–Trinajstić information content (AvgIpc) is 2.70. The van der Waals surface area contributed by atoms with Gasteiger partial charge in [0.05, 0.1) is 0 Å². The van der Waals surface area contributed by atoms with Crippen LogP contribution in [-0.4, -0.2) is 36.1 Å². The molecule has 3 rings (SSSR count). The number of nitrogens with two attached hydrogens (primary N) is 1. The van der Waals surface area contributed by atoms with Crippen molar-refractivity contribution in [3.8, 4) is 0 Å². The van der Waals surface area contributed by atoms with E-state index in [4.69, 9.17) is 5.73 Å². The van der Waals surface area contributed by atoms with Crippen LogP contribution in [0, 0.1) is 0 Å². The van der Waals surface area contributed by atoms with Gasteiger partial charge in [-0.3, -0.25) is 0 Å². The number of hydrogen-bond donors (Lipinski definition) is 1. The highest BCUT2D eigenvalue weighted by atomic mass is 16.2. The van der Waals surface area contributed by atoms with Gasteiger partial charge in [0.2, 0.25) is 0 Å². The second kappa shape index (κ2) is 4.76. The molecule has 19 heavy (non-hydrogen) atoms. The van der Waals surface area contributed by atoms with Crippen LogP contribution >= 0.6 is 0 Å². The van der Waals surface area contributed by atoms with Crippen molar-refractivity contribution in [3.05, 3.63) is 30.3 Å². The van der Waals surface area contributed by atoms with Gasteiger partial charge in [0, 0.05) is 30.9 Å². The highest BCUT2D eigenvalue weighted by Gasteiger charge is 2.43. The molecule has 102 valence electrons. The fraction of sp³-hybridized carbons (Fsp3) is 0.533. The first-order valence-corrected chi connectivity index (χ1v) is 7.02. The minimum absolute atomic E-state index is 0.242. The van der Waals surface area contributed by atoms with Crippen LogP contribution in [0.25, 0.3) is 0 Å². The smallest absolute Gasteiger partial charge is 0.315 e. The van der Waals surface area contributed by atoms with Crippen LogP contribution in [0.3, 0.4) is 0 Å². The molecule has 0 saturated carbocycles. The number of hydrogen-bond acceptors (Lipinski definition) is 2. The zero-order valence-corrected chi connectivity index (χ0v) is 11.3. The van der Waals surface area contributed by atoms with Crippen molar-refractivity contribution in [1.82, 2.24) is 4.90 Å². The molecule has 0 radical (unpaired) electrons. The molecule has 1 aromatic rings. The third kappa shape index (κ3) is 2.15. The van der Waals surface area contributed by atoms with Gasteiger partial charge >= 0.3 is 6.03 Å². The molecule has 3 atom stereocenters. The summed E-state index contributed by atoms with van der Waals surface area (Å²) in [5.41, 5.74) is 6.74. The minimum Gasteiger partial charge on any atom is -0.371 e. The summed E-state index contributed by atoms with van der Waals surface area (Å²) < 4.78 is 0. The molecule has 2 amide bonds. The standard InChI is InChI=1S/C15H21N3O/c1-17(11-5-3-2-4-6-11)14-9-12-7-8-13(10-14)18(12)15(16)19/h2-6,12-14H,7-10H2,1H3,(H2,16,19)/t12-,13+,14?. The summed E-state index contributed by atoms with van der Waals surface area (Å²) in [6.07, 6.45) is 4.27. The lowest BCUT2D eigenvalue weighted by atomic mass is 9.96. The predicted molar refractivity (Wildman–Crippen MR) is 76.1 cm³/mol. The van der Waals surface area contributed by atoms with E-state index in [1.807, 2.05) is 11.0 Å². The van der Waals surface area contributed by atoms with Crippen LogP contribution < -0.4 is 10.6 Å². The van der Waals surface area contributed by atoms with E-state index in [9.17, 15) is 4.79 Å². The van der Waals surface area contributed by atoms with E-state index in [-0.39, 0.29) is 6.03 Å². The molecule has 2 aliphatic rings. The fourth-order valence-corrected chi connectivity index (χ4v) is 3.70. The number of benzene rings is 1. The maximum atomic E-state index is 11.5. The number of amides is 2. The third-order valence-corrected chi connectivity index (χ3v) is 4.67. The number of fused-ring (bicyclic) bond motifs is 2. The van der Waals surface area contributed by atoms with Crippen molar-refractivity contribution in [2.24, 2.45) is 5.73 Å². The SMILES string of the molecule is CN(c1ccccc1)C1C[C@H]2CC[C@@H](C1)N2C(N)=O. The zero-order valence-electron chi connectivity index (χ0n) is 11.3. The molecule has 2 heterocycles. The van der Waals surface area contributed by atoms with Gasteiger partial charge in [0.15, 0.2) is 0 Å². The van der Waals surface area contributed by atoms with Crippen LogP contribution in [0.1, 0.15) is 25.7 Å². The zero-order chi connectivity index (χ0) is 13.4. The van der Waals surface area contributed by atoms with E-state index in [2.05, 4.69) is 36.2 Å². The first-order chi connectivity index (χ1) is 9.16. The third-order valence-electron chi connectivity index (χ3n) is 4.67. The number of piperidine rings is 1. The summed E-state index contributed by atoms with van der Waals surface area (Å²) in [6.45, 7) is 0. The van der Waals surface area contributed by atoms with E-state index in [0.29, 0.717) is 18.1 Å². The summed E-state index contributed by atoms with van der Waals surface area (Å²) in [5.74, 6) is 0. The molecule has 0 spiro atoms. The van der Waals surface area contributed by atoms with Crippen molar-refractivity contribution in [1.29, 1.82) is 0 Å². The Labute approximate surface area is 114 Å². The Bertz CT molecular complexity index is 448. The highest BCUT2D eigenvalue weighted by Crippen LogP contribution is 2.38. The van der Waals surface area contributed by atoms with Gasteiger partial charge in [-0.1, -0.05) is 18.2 Å². The number of urea groups is 1. The van der Waals surface area contributed by atoms with E-state index in [0.717, 1.165) is 25.7 Å². The molecule has 0 aliphatic carbocycles. The predicted octanol–water partition coefficient (Wildman–Crippen LogP) is 2.20. The van der Waals surface area contributed by atoms with Gasteiger partial charge < -0.3 is 15.5 Å². The molecular formula is C15H21N3O. The number of carbonyl (C=O) groups excluding carboxylic acids is 1. The molecule has 2 aliphatic heterocycles. The van der Waals surface area contributed by atoms with Crippen LogP contribution in [0.4, 0.5) is 10.5 Å². The lowest BCUT2D eigenvalue weighted by Crippen LogP contribution is -2.53. The monoisotopic (exact) mass is 259 g/mol. The summed E-state index contributed by atoms with van der Waals surface area (Å²) in [6, 6.07) is 11.4. The van der Waals surface area contributed by atoms with E-state index < -0.39 is 0 Å². The first kappa shape index (κ1) is 12.3. The topological polar surface area (TPSA) is 49.6 Å². The second-order valence-electron chi connectivity index (χ2n) is 5.70. The number of para-hydroxylation sites is 1. The molecule has 0 aromatic heterocycles. The number of rotatable bonds is 2. The minimum atomic E-state index is -0.242. The quantitative estimate of drug-likeness (QED) is 0.885. The van der Waals surface area contributed by atoms with E-state index in [1.165, 1.54) is 5.69 Å². The Hall–Kier alpha value is -1.71. The maximum absolute atomic E-state index is 11.5. The maximum Gasteiger partial charge on any atom is 0.315 e. The van der Waals surface area contributed by atoms with Crippen LogP contribution in [0.15, 0.2) is 30.3 Å². The van der Waals surface area contributed by atoms with Crippen molar-refractivity contribution in [2.45, 2.75) is 43.8 Å². The lowest BCUT2D eigenvalue weighted by Gasteiger charge is -2.42. The number of carbonyl (C=O) groups is 1. The molecule has 2 N–H and O–H groups in total. The van der Waals surface area contributed by atoms with E-state index in [1.54, 1.807) is 0 Å². The number of primary amides is 1. The van der Waals surface area contributed by atoms with Crippen molar-refractivity contribution >= 4 is 11.7 Å². The van der Waals surface area contributed by atoms with Crippen molar-refractivity contribution in [3.63, 3.8) is 0 Å². The van der Waals surface area contributed by atoms with Gasteiger partial charge in [0.1, 0.15) is 0 Å². The van der Waals surface area contributed by atoms with E-state index >= 15 is 0 Å². The Morgan fingerprint density at radius 2 is 1.79 bits per heavy atom. The molecule has 1 unspecified atom stereocenters. The Kier molecular flexibility index (Phi) is 3.09. The largest absolute Gasteiger partial charge is 0.371 e. The first-order valence-electron chi connectivity index (χ1n) is 7.02. The van der Waals surface area contributed by atoms with Crippen molar-refractivity contribution < 1.29 is 4.79 Å². The number of nitrogens with zero attached hydrogens (tertiary/aromatic N) is 2. The Balaban J connectivity index is 1.74. The molecule has 4 nitrogen and oxygen atoms in total. The summed E-state index contributed by atoms with van der Waals surface area (Å²) >= 11 is 0. The van der Waals surface area contributed by atoms with Gasteiger partial charge in [-0.05, 0) is 37.8 Å². The molecular weight excluding hydrogens is 238 g/mol. The molecule has 1 aromatic carbocycles. The highest BCUT2D eigenvalue weighted by molar-refractivity contribution is 5.73. The van der Waals surface area contributed by atoms with Gasteiger partial charge in [-0.2, -0.15) is 0 Å². The van der Waals surface area contributed by atoms with Gasteiger partial charge in [-0.15, -0.1) is 0 Å². The fourth-order valence-electron chi connectivity index (χ4n) is 3.70. The van der Waals surface area contributed by atoms with Gasteiger partial charge in [-0.25, -0.2) is 4.79 Å². The summed E-state index contributed by atoms with van der Waals surface area (Å²) in [5, 5.41) is 0. The summed E-state index contributed by atoms with van der Waals surface area (Å²) in [4.78, 5) is 15.8. The lowest BCUT2D eigenvalue weighted by molar-refractivity contribution is 0.145. The summed E-state index contributed by atoms with van der Waals surface area (Å²) in [7, 11) is 2.15. The average molecular weight is 259 g/mol. The molecule has 2 saturated heterocycles. The van der Waals surface area contributed by atoms with Crippen molar-refractivity contribution in [2.75, 3.05) is 11.9 Å². The Morgan fingerprint density at radius 3 is 2.32 bits per heavy atom. The van der Waals surface area contributed by atoms with Crippen LogP contribution in [0.2, 0.25) is 0 Å². The molecule has 4 heteroatoms. The van der Waals surface area contributed by atoms with Gasteiger partial charge in [0.25, 0.3) is 0 Å². The second-order valence-corrected chi connectivity index (χ2v) is 5.70. The van der Waals surface area contributed by atoms with Crippen LogP contribution in [-0.2, 0) is 0 Å². The van der Waals surface area contributed by atoms with Crippen LogP contribution in [0.5, 0.6) is 0 Å². The molecule has 2 bridgehead atoms. The number of anilines is 1.